The molecule has 0 amide bonds. The molecule has 0 saturated carbocycles. The van der Waals surface area contributed by atoms with Crippen LogP contribution in [0.15, 0.2) is 29.6 Å². The van der Waals surface area contributed by atoms with E-state index in [1.807, 2.05) is 17.5 Å². The number of thiophene rings is 1. The lowest BCUT2D eigenvalue weighted by Crippen LogP contribution is -2.07. The van der Waals surface area contributed by atoms with Crippen LogP contribution >= 0.6 is 11.3 Å². The average molecular weight is 257 g/mol. The fourth-order valence-corrected chi connectivity index (χ4v) is 2.15. The highest BCUT2D eigenvalue weighted by atomic mass is 32.1. The topological polar surface area (TPSA) is 12.0 Å². The number of halogens is 3. The van der Waals surface area contributed by atoms with Crippen LogP contribution in [-0.4, -0.2) is 6.54 Å². The van der Waals surface area contributed by atoms with Crippen molar-refractivity contribution in [2.24, 2.45) is 0 Å². The fraction of sp³-hybridized carbons (Fsp3) is 0.167. The molecule has 5 heteroatoms. The van der Waals surface area contributed by atoms with E-state index in [1.165, 1.54) is 6.07 Å². The smallest absolute Gasteiger partial charge is 0.196 e. The van der Waals surface area contributed by atoms with Crippen LogP contribution in [0.1, 0.15) is 4.88 Å². The van der Waals surface area contributed by atoms with Gasteiger partial charge in [-0.2, -0.15) is 0 Å². The summed E-state index contributed by atoms with van der Waals surface area (Å²) in [6, 6.07) is 6.00. The molecule has 0 radical (unpaired) electrons. The first-order chi connectivity index (χ1) is 8.18. The second-order valence-corrected chi connectivity index (χ2v) is 4.51. The maximum absolute atomic E-state index is 13.3. The summed E-state index contributed by atoms with van der Waals surface area (Å²) in [5.74, 6) is -3.78. The van der Waals surface area contributed by atoms with Gasteiger partial charge in [0.1, 0.15) is 0 Å². The summed E-state index contributed by atoms with van der Waals surface area (Å²) < 4.78 is 38.8. The van der Waals surface area contributed by atoms with Crippen molar-refractivity contribution in [3.05, 3.63) is 52.0 Å². The summed E-state index contributed by atoms with van der Waals surface area (Å²) in [5.41, 5.74) is -0.0135. The van der Waals surface area contributed by atoms with Gasteiger partial charge in [0.2, 0.25) is 0 Å². The molecule has 0 unspecified atom stereocenters. The van der Waals surface area contributed by atoms with Crippen LogP contribution in [0.25, 0.3) is 0 Å². The number of rotatable bonds is 4. The van der Waals surface area contributed by atoms with Gasteiger partial charge in [0.05, 0.1) is 5.69 Å². The number of benzene rings is 1. The van der Waals surface area contributed by atoms with Gasteiger partial charge in [0.15, 0.2) is 17.5 Å². The SMILES string of the molecule is Fc1ccc(NCCc2cccs2)c(F)c1F. The molecule has 0 bridgehead atoms. The summed E-state index contributed by atoms with van der Waals surface area (Å²) in [4.78, 5) is 1.15. The van der Waals surface area contributed by atoms with Gasteiger partial charge in [0.25, 0.3) is 0 Å². The number of nitrogens with one attached hydrogen (secondary N) is 1. The van der Waals surface area contributed by atoms with Gasteiger partial charge in [0, 0.05) is 11.4 Å². The van der Waals surface area contributed by atoms with Crippen LogP contribution in [0.5, 0.6) is 0 Å². The van der Waals surface area contributed by atoms with Gasteiger partial charge in [-0.25, -0.2) is 13.2 Å². The van der Waals surface area contributed by atoms with Crippen molar-refractivity contribution in [3.8, 4) is 0 Å². The first-order valence-corrected chi connectivity index (χ1v) is 5.96. The number of hydrogen-bond acceptors (Lipinski definition) is 2. The molecule has 0 aliphatic rings. The normalized spacial score (nSPS) is 10.5. The Morgan fingerprint density at radius 1 is 1.06 bits per heavy atom. The van der Waals surface area contributed by atoms with Gasteiger partial charge >= 0.3 is 0 Å². The van der Waals surface area contributed by atoms with Crippen molar-refractivity contribution >= 4 is 17.0 Å². The molecule has 2 rings (SSSR count). The molecule has 90 valence electrons. The third kappa shape index (κ3) is 2.79. The molecule has 17 heavy (non-hydrogen) atoms. The molecule has 0 atom stereocenters. The van der Waals surface area contributed by atoms with E-state index in [4.69, 9.17) is 0 Å². The Morgan fingerprint density at radius 2 is 1.88 bits per heavy atom. The van der Waals surface area contributed by atoms with E-state index >= 15 is 0 Å². The van der Waals surface area contributed by atoms with Crippen molar-refractivity contribution in [1.82, 2.24) is 0 Å². The molecule has 0 aliphatic heterocycles. The van der Waals surface area contributed by atoms with E-state index in [1.54, 1.807) is 11.3 Å². The van der Waals surface area contributed by atoms with Crippen molar-refractivity contribution in [2.75, 3.05) is 11.9 Å². The predicted octanol–water partition coefficient (Wildman–Crippen LogP) is 3.82. The first kappa shape index (κ1) is 12.0. The number of anilines is 1. The Kier molecular flexibility index (Phi) is 3.68. The quantitative estimate of drug-likeness (QED) is 0.821. The first-order valence-electron chi connectivity index (χ1n) is 5.08. The summed E-state index contributed by atoms with van der Waals surface area (Å²) in [5, 5.41) is 4.70. The largest absolute Gasteiger partial charge is 0.382 e. The van der Waals surface area contributed by atoms with Crippen LogP contribution < -0.4 is 5.32 Å². The number of hydrogen-bond donors (Lipinski definition) is 1. The molecule has 1 nitrogen and oxygen atoms in total. The van der Waals surface area contributed by atoms with Gasteiger partial charge in [-0.15, -0.1) is 11.3 Å². The molecule has 1 N–H and O–H groups in total. The van der Waals surface area contributed by atoms with E-state index in [2.05, 4.69) is 5.32 Å². The second kappa shape index (κ2) is 5.23. The zero-order valence-electron chi connectivity index (χ0n) is 8.84. The predicted molar refractivity (Wildman–Crippen MR) is 62.8 cm³/mol. The summed E-state index contributed by atoms with van der Waals surface area (Å²) in [6.45, 7) is 0.475. The highest BCUT2D eigenvalue weighted by Gasteiger charge is 2.12. The molecule has 0 aliphatic carbocycles. The van der Waals surface area contributed by atoms with Crippen molar-refractivity contribution in [3.63, 3.8) is 0 Å². The molecular formula is C12H10F3NS. The van der Waals surface area contributed by atoms with Crippen LogP contribution in [0.4, 0.5) is 18.9 Å². The molecule has 0 saturated heterocycles. The third-order valence-electron chi connectivity index (χ3n) is 2.30. The summed E-state index contributed by atoms with van der Waals surface area (Å²) in [7, 11) is 0. The molecule has 1 heterocycles. The van der Waals surface area contributed by atoms with Gasteiger partial charge in [-0.05, 0) is 30.0 Å². The third-order valence-corrected chi connectivity index (χ3v) is 3.24. The molecule has 2 aromatic rings. The minimum Gasteiger partial charge on any atom is -0.382 e. The van der Waals surface area contributed by atoms with E-state index in [9.17, 15) is 13.2 Å². The minimum atomic E-state index is -1.44. The molecule has 0 spiro atoms. The summed E-state index contributed by atoms with van der Waals surface area (Å²) >= 11 is 1.60. The molecule has 1 aromatic heterocycles. The van der Waals surface area contributed by atoms with Crippen LogP contribution in [0.3, 0.4) is 0 Å². The maximum Gasteiger partial charge on any atom is 0.196 e. The van der Waals surface area contributed by atoms with Crippen LogP contribution in [0.2, 0.25) is 0 Å². The summed E-state index contributed by atoms with van der Waals surface area (Å²) in [6.07, 6.45) is 0.718. The van der Waals surface area contributed by atoms with Gasteiger partial charge in [-0.3, -0.25) is 0 Å². The van der Waals surface area contributed by atoms with E-state index in [0.29, 0.717) is 6.54 Å². The Labute approximate surface area is 101 Å². The fourth-order valence-electron chi connectivity index (χ4n) is 1.44. The van der Waals surface area contributed by atoms with Crippen LogP contribution in [-0.2, 0) is 6.42 Å². The average Bonchev–Trinajstić information content (AvgIpc) is 2.82. The highest BCUT2D eigenvalue weighted by Crippen LogP contribution is 2.19. The molecule has 0 fully saturated rings. The molecule has 1 aromatic carbocycles. The zero-order chi connectivity index (χ0) is 12.3. The van der Waals surface area contributed by atoms with Crippen LogP contribution in [0, 0.1) is 17.5 Å². The van der Waals surface area contributed by atoms with E-state index < -0.39 is 17.5 Å². The lowest BCUT2D eigenvalue weighted by Gasteiger charge is -2.07. The second-order valence-electron chi connectivity index (χ2n) is 3.48. The Hall–Kier alpha value is -1.49. The van der Waals surface area contributed by atoms with E-state index in [0.717, 1.165) is 17.4 Å². The van der Waals surface area contributed by atoms with Crippen molar-refractivity contribution in [1.29, 1.82) is 0 Å². The van der Waals surface area contributed by atoms with Crippen molar-refractivity contribution < 1.29 is 13.2 Å². The standard InChI is InChI=1S/C12H10F3NS/c13-9-3-4-10(12(15)11(9)14)16-6-5-8-2-1-7-17-8/h1-4,7,16H,5-6H2. The lowest BCUT2D eigenvalue weighted by atomic mass is 10.2. The Bertz CT molecular complexity index is 497. The Balaban J connectivity index is 1.97. The maximum atomic E-state index is 13.3. The van der Waals surface area contributed by atoms with Crippen molar-refractivity contribution in [2.45, 2.75) is 6.42 Å². The van der Waals surface area contributed by atoms with E-state index in [-0.39, 0.29) is 5.69 Å². The minimum absolute atomic E-state index is 0.0135. The zero-order valence-corrected chi connectivity index (χ0v) is 9.66. The Morgan fingerprint density at radius 3 is 2.59 bits per heavy atom. The van der Waals surface area contributed by atoms with Gasteiger partial charge < -0.3 is 5.32 Å². The van der Waals surface area contributed by atoms with Gasteiger partial charge in [-0.1, -0.05) is 6.07 Å². The lowest BCUT2D eigenvalue weighted by molar-refractivity contribution is 0.449. The monoisotopic (exact) mass is 257 g/mol. The molecular weight excluding hydrogens is 247 g/mol. The highest BCUT2D eigenvalue weighted by molar-refractivity contribution is 7.09.